The molecule has 2 heteroatoms. The van der Waals surface area contributed by atoms with Crippen molar-refractivity contribution in [3.05, 3.63) is 0 Å². The highest BCUT2D eigenvalue weighted by Gasteiger charge is 2.34. The van der Waals surface area contributed by atoms with E-state index in [1.807, 2.05) is 0 Å². The molecule has 2 unspecified atom stereocenters. The van der Waals surface area contributed by atoms with E-state index >= 15 is 0 Å². The van der Waals surface area contributed by atoms with E-state index in [1.54, 1.807) is 0 Å². The molecule has 2 atom stereocenters. The Bertz CT molecular complexity index is 250. The molecule has 1 saturated carbocycles. The quantitative estimate of drug-likeness (QED) is 0.614. The van der Waals surface area contributed by atoms with Crippen molar-refractivity contribution < 1.29 is 0 Å². The van der Waals surface area contributed by atoms with Crippen LogP contribution in [-0.2, 0) is 0 Å². The Kier molecular flexibility index (Phi) is 6.82. The highest BCUT2D eigenvalue weighted by molar-refractivity contribution is 4.93. The second-order valence-corrected chi connectivity index (χ2v) is 7.68. The Morgan fingerprint density at radius 3 is 2.42 bits per heavy atom. The van der Waals surface area contributed by atoms with Crippen molar-refractivity contribution in [1.29, 1.82) is 0 Å². The van der Waals surface area contributed by atoms with Crippen LogP contribution >= 0.6 is 0 Å². The Hall–Kier alpha value is -0.0800. The smallest absolute Gasteiger partial charge is 0.0278 e. The van der Waals surface area contributed by atoms with Crippen LogP contribution in [0.25, 0.3) is 0 Å². The van der Waals surface area contributed by atoms with Gasteiger partial charge in [0.1, 0.15) is 0 Å². The third-order valence-corrected chi connectivity index (χ3v) is 4.80. The zero-order valence-electron chi connectivity index (χ0n) is 13.7. The van der Waals surface area contributed by atoms with Gasteiger partial charge in [0.2, 0.25) is 0 Å². The summed E-state index contributed by atoms with van der Waals surface area (Å²) in [6, 6.07) is 0.680. The lowest BCUT2D eigenvalue weighted by atomic mass is 9.90. The van der Waals surface area contributed by atoms with Crippen molar-refractivity contribution in [2.24, 2.45) is 11.1 Å². The van der Waals surface area contributed by atoms with E-state index in [1.165, 1.54) is 57.8 Å². The van der Waals surface area contributed by atoms with E-state index in [2.05, 4.69) is 33.0 Å². The molecule has 0 aromatic heterocycles. The molecule has 0 aromatic rings. The van der Waals surface area contributed by atoms with E-state index < -0.39 is 0 Å². The SMILES string of the molecule is CCCCCCCC(C)(CN)NC1CCC(C)(C)C1. The molecule has 0 radical (unpaired) electrons. The van der Waals surface area contributed by atoms with Crippen LogP contribution < -0.4 is 11.1 Å². The molecule has 114 valence electrons. The average molecular weight is 268 g/mol. The van der Waals surface area contributed by atoms with Gasteiger partial charge in [0.05, 0.1) is 0 Å². The summed E-state index contributed by atoms with van der Waals surface area (Å²) in [5.41, 5.74) is 6.70. The van der Waals surface area contributed by atoms with Crippen molar-refractivity contribution >= 4 is 0 Å². The predicted octanol–water partition coefficient (Wildman–Crippen LogP) is 4.23. The highest BCUT2D eigenvalue weighted by Crippen LogP contribution is 2.37. The summed E-state index contributed by atoms with van der Waals surface area (Å²) in [6.07, 6.45) is 12.0. The standard InChI is InChI=1S/C17H36N2/c1-5-6-7-8-9-11-17(4,14-18)19-15-10-12-16(2,3)13-15/h15,19H,5-14,18H2,1-4H3. The first kappa shape index (κ1) is 17.0. The number of nitrogens with two attached hydrogens (primary N) is 1. The van der Waals surface area contributed by atoms with Crippen LogP contribution in [0.1, 0.15) is 85.5 Å². The van der Waals surface area contributed by atoms with Crippen molar-refractivity contribution in [2.75, 3.05) is 6.54 Å². The number of hydrogen-bond acceptors (Lipinski definition) is 2. The lowest BCUT2D eigenvalue weighted by Gasteiger charge is -2.33. The van der Waals surface area contributed by atoms with E-state index in [4.69, 9.17) is 5.73 Å². The molecular formula is C17H36N2. The third-order valence-electron chi connectivity index (χ3n) is 4.80. The van der Waals surface area contributed by atoms with Crippen LogP contribution in [0.5, 0.6) is 0 Å². The topological polar surface area (TPSA) is 38.0 Å². The van der Waals surface area contributed by atoms with Crippen molar-refractivity contribution in [3.8, 4) is 0 Å². The van der Waals surface area contributed by atoms with Crippen LogP contribution in [0.15, 0.2) is 0 Å². The number of unbranched alkanes of at least 4 members (excludes halogenated alkanes) is 4. The third kappa shape index (κ3) is 6.27. The van der Waals surface area contributed by atoms with Crippen LogP contribution in [0.3, 0.4) is 0 Å². The molecule has 0 heterocycles. The molecular weight excluding hydrogens is 232 g/mol. The van der Waals surface area contributed by atoms with Crippen LogP contribution in [0.2, 0.25) is 0 Å². The number of nitrogens with one attached hydrogen (secondary N) is 1. The molecule has 1 rings (SSSR count). The molecule has 0 saturated heterocycles. The maximum atomic E-state index is 6.03. The summed E-state index contributed by atoms with van der Waals surface area (Å²) >= 11 is 0. The normalized spacial score (nSPS) is 25.4. The minimum atomic E-state index is 0.150. The van der Waals surface area contributed by atoms with E-state index in [-0.39, 0.29) is 5.54 Å². The van der Waals surface area contributed by atoms with Gasteiger partial charge in [0.15, 0.2) is 0 Å². The Morgan fingerprint density at radius 1 is 1.21 bits per heavy atom. The lowest BCUT2D eigenvalue weighted by Crippen LogP contribution is -2.52. The fourth-order valence-electron chi connectivity index (χ4n) is 3.40. The van der Waals surface area contributed by atoms with Crippen molar-refractivity contribution in [3.63, 3.8) is 0 Å². The molecule has 3 N–H and O–H groups in total. The minimum absolute atomic E-state index is 0.150. The Balaban J connectivity index is 2.30. The van der Waals surface area contributed by atoms with E-state index in [0.29, 0.717) is 11.5 Å². The van der Waals surface area contributed by atoms with Gasteiger partial charge in [-0.25, -0.2) is 0 Å². The molecule has 2 nitrogen and oxygen atoms in total. The summed E-state index contributed by atoms with van der Waals surface area (Å²) < 4.78 is 0. The van der Waals surface area contributed by atoms with Crippen LogP contribution in [0, 0.1) is 5.41 Å². The highest BCUT2D eigenvalue weighted by atomic mass is 15.0. The average Bonchev–Trinajstić information content (AvgIpc) is 2.68. The molecule has 0 spiro atoms. The first-order chi connectivity index (χ1) is 8.91. The first-order valence-corrected chi connectivity index (χ1v) is 8.38. The molecule has 0 aliphatic heterocycles. The molecule has 1 aliphatic rings. The fraction of sp³-hybridized carbons (Fsp3) is 1.00. The van der Waals surface area contributed by atoms with Crippen LogP contribution in [-0.4, -0.2) is 18.1 Å². The molecule has 1 aliphatic carbocycles. The minimum Gasteiger partial charge on any atom is -0.329 e. The monoisotopic (exact) mass is 268 g/mol. The summed E-state index contributed by atoms with van der Waals surface area (Å²) in [5.74, 6) is 0. The van der Waals surface area contributed by atoms with Gasteiger partial charge in [-0.2, -0.15) is 0 Å². The maximum absolute atomic E-state index is 6.03. The lowest BCUT2D eigenvalue weighted by molar-refractivity contribution is 0.274. The van der Waals surface area contributed by atoms with Gasteiger partial charge in [-0.3, -0.25) is 0 Å². The number of hydrogen-bond donors (Lipinski definition) is 2. The first-order valence-electron chi connectivity index (χ1n) is 8.38. The van der Waals surface area contributed by atoms with Gasteiger partial charge in [0, 0.05) is 18.1 Å². The second-order valence-electron chi connectivity index (χ2n) is 7.68. The Morgan fingerprint density at radius 2 is 1.89 bits per heavy atom. The maximum Gasteiger partial charge on any atom is 0.0278 e. The van der Waals surface area contributed by atoms with Crippen molar-refractivity contribution in [2.45, 2.75) is 97.1 Å². The van der Waals surface area contributed by atoms with Gasteiger partial charge in [-0.05, 0) is 38.0 Å². The predicted molar refractivity (Wildman–Crippen MR) is 85.4 cm³/mol. The van der Waals surface area contributed by atoms with E-state index in [0.717, 1.165) is 6.54 Å². The molecule has 0 amide bonds. The molecule has 0 bridgehead atoms. The van der Waals surface area contributed by atoms with Gasteiger partial charge in [-0.1, -0.05) is 52.9 Å². The zero-order chi connectivity index (χ0) is 14.4. The molecule has 1 fully saturated rings. The molecule has 19 heavy (non-hydrogen) atoms. The van der Waals surface area contributed by atoms with Gasteiger partial charge >= 0.3 is 0 Å². The van der Waals surface area contributed by atoms with Crippen LogP contribution in [0.4, 0.5) is 0 Å². The fourth-order valence-corrected chi connectivity index (χ4v) is 3.40. The van der Waals surface area contributed by atoms with E-state index in [9.17, 15) is 0 Å². The largest absolute Gasteiger partial charge is 0.329 e. The summed E-state index contributed by atoms with van der Waals surface area (Å²) in [7, 11) is 0. The molecule has 0 aromatic carbocycles. The summed E-state index contributed by atoms with van der Waals surface area (Å²) in [5, 5.41) is 3.86. The Labute approximate surface area is 120 Å². The van der Waals surface area contributed by atoms with Gasteiger partial charge < -0.3 is 11.1 Å². The van der Waals surface area contributed by atoms with Crippen molar-refractivity contribution in [1.82, 2.24) is 5.32 Å². The summed E-state index contributed by atoms with van der Waals surface area (Å²) in [6.45, 7) is 10.1. The zero-order valence-corrected chi connectivity index (χ0v) is 13.7. The van der Waals surface area contributed by atoms with Gasteiger partial charge in [0.25, 0.3) is 0 Å². The summed E-state index contributed by atoms with van der Waals surface area (Å²) in [4.78, 5) is 0. The number of rotatable bonds is 9. The second kappa shape index (κ2) is 7.64. The van der Waals surface area contributed by atoms with Gasteiger partial charge in [-0.15, -0.1) is 0 Å².